The quantitative estimate of drug-likeness (QED) is 0.509. The molecule has 31 heavy (non-hydrogen) atoms. The van der Waals surface area contributed by atoms with E-state index in [4.69, 9.17) is 20.5 Å². The van der Waals surface area contributed by atoms with E-state index in [0.717, 1.165) is 16.8 Å². The van der Waals surface area contributed by atoms with Crippen LogP contribution >= 0.6 is 0 Å². The number of hydrogen-bond donors (Lipinski definition) is 2. The average molecular weight is 408 g/mol. The summed E-state index contributed by atoms with van der Waals surface area (Å²) in [6.07, 6.45) is 0.346. The van der Waals surface area contributed by atoms with Crippen LogP contribution in [0.5, 0.6) is 11.5 Å². The van der Waals surface area contributed by atoms with E-state index in [1.54, 1.807) is 48.5 Å². The van der Waals surface area contributed by atoms with Crippen LogP contribution in [0.1, 0.15) is 28.7 Å². The maximum atomic E-state index is 9.16. The van der Waals surface area contributed by atoms with Crippen molar-refractivity contribution in [3.63, 3.8) is 0 Å². The second-order valence-corrected chi connectivity index (χ2v) is 6.88. The molecule has 3 rings (SSSR count). The average Bonchev–Trinajstić information content (AvgIpc) is 2.77. The topological polar surface area (TPSA) is 118 Å². The van der Waals surface area contributed by atoms with E-state index in [1.807, 2.05) is 13.8 Å². The zero-order valence-corrected chi connectivity index (χ0v) is 17.2. The van der Waals surface area contributed by atoms with Gasteiger partial charge in [-0.2, -0.15) is 15.8 Å². The van der Waals surface area contributed by atoms with Crippen molar-refractivity contribution in [2.45, 2.75) is 20.3 Å². The second kappa shape index (κ2) is 9.78. The second-order valence-electron chi connectivity index (χ2n) is 6.88. The molecule has 3 aromatic rings. The third-order valence-electron chi connectivity index (χ3n) is 4.44. The Bertz CT molecular complexity index is 1190. The van der Waals surface area contributed by atoms with Crippen LogP contribution in [-0.4, -0.2) is 11.5 Å². The Morgan fingerprint density at radius 3 is 2.13 bits per heavy atom. The van der Waals surface area contributed by atoms with Gasteiger partial charge in [-0.1, -0.05) is 0 Å². The summed E-state index contributed by atoms with van der Waals surface area (Å²) in [6.45, 7) is 4.25. The number of nitrogens with zero attached hydrogens (tertiary/aromatic N) is 4. The van der Waals surface area contributed by atoms with Gasteiger partial charge in [0.1, 0.15) is 23.1 Å². The summed E-state index contributed by atoms with van der Waals surface area (Å²) in [7, 11) is 0. The molecular weight excluding hydrogens is 388 g/mol. The summed E-state index contributed by atoms with van der Waals surface area (Å²) in [4.78, 5) is 4.54. The number of aromatic nitrogens is 1. The highest BCUT2D eigenvalue weighted by molar-refractivity contribution is 5.62. The Labute approximate surface area is 181 Å². The molecule has 0 saturated heterocycles. The minimum Gasteiger partial charge on any atom is -0.457 e. The standard InChI is InChI=1S/C24H20N6O/c1-16-10-19(15-27)11-17(2)24(16)31-21-12-22(28-9-3-8-25)30-23(13-21)29-20-6-4-18(14-26)5-7-20/h4-7,10-13H,3,9H2,1-2H3,(H2,28,29,30). The maximum Gasteiger partial charge on any atom is 0.136 e. The largest absolute Gasteiger partial charge is 0.457 e. The van der Waals surface area contributed by atoms with Crippen molar-refractivity contribution in [3.8, 4) is 29.7 Å². The van der Waals surface area contributed by atoms with Crippen molar-refractivity contribution in [2.75, 3.05) is 17.2 Å². The highest BCUT2D eigenvalue weighted by Gasteiger charge is 2.11. The van der Waals surface area contributed by atoms with Gasteiger partial charge in [-0.05, 0) is 61.4 Å². The molecular formula is C24H20N6O. The SMILES string of the molecule is Cc1cc(C#N)cc(C)c1Oc1cc(NCCC#N)nc(Nc2ccc(C#N)cc2)c1. The minimum absolute atomic E-state index is 0.346. The molecule has 1 aromatic heterocycles. The Morgan fingerprint density at radius 1 is 0.871 bits per heavy atom. The first-order chi connectivity index (χ1) is 15.0. The van der Waals surface area contributed by atoms with Gasteiger partial charge in [-0.25, -0.2) is 4.98 Å². The molecule has 7 nitrogen and oxygen atoms in total. The molecule has 0 aliphatic heterocycles. The zero-order valence-electron chi connectivity index (χ0n) is 17.2. The van der Waals surface area contributed by atoms with Crippen LogP contribution < -0.4 is 15.4 Å². The summed E-state index contributed by atoms with van der Waals surface area (Å²) < 4.78 is 6.16. The molecule has 1 heterocycles. The van der Waals surface area contributed by atoms with Crippen LogP contribution in [-0.2, 0) is 0 Å². The predicted molar refractivity (Wildman–Crippen MR) is 118 cm³/mol. The molecule has 0 aliphatic carbocycles. The van der Waals surface area contributed by atoms with Gasteiger partial charge in [0.15, 0.2) is 0 Å². The van der Waals surface area contributed by atoms with E-state index in [0.29, 0.717) is 47.2 Å². The first kappa shape index (κ1) is 21.2. The lowest BCUT2D eigenvalue weighted by Gasteiger charge is -2.15. The van der Waals surface area contributed by atoms with E-state index in [2.05, 4.69) is 33.8 Å². The monoisotopic (exact) mass is 408 g/mol. The molecule has 0 bridgehead atoms. The van der Waals surface area contributed by atoms with E-state index >= 15 is 0 Å². The van der Waals surface area contributed by atoms with Crippen LogP contribution in [0, 0.1) is 47.8 Å². The lowest BCUT2D eigenvalue weighted by molar-refractivity contribution is 0.475. The van der Waals surface area contributed by atoms with E-state index in [1.165, 1.54) is 0 Å². The predicted octanol–water partition coefficient (Wildman–Crippen LogP) is 5.30. The molecule has 0 spiro atoms. The summed E-state index contributed by atoms with van der Waals surface area (Å²) in [5.74, 6) is 2.34. The molecule has 0 amide bonds. The smallest absolute Gasteiger partial charge is 0.136 e. The van der Waals surface area contributed by atoms with Gasteiger partial charge in [0, 0.05) is 24.4 Å². The van der Waals surface area contributed by atoms with Gasteiger partial charge >= 0.3 is 0 Å². The fraction of sp³-hybridized carbons (Fsp3) is 0.167. The first-order valence-electron chi connectivity index (χ1n) is 9.61. The molecule has 2 aromatic carbocycles. The number of aryl methyl sites for hydroxylation is 2. The number of pyridine rings is 1. The number of hydrogen-bond acceptors (Lipinski definition) is 7. The number of rotatable bonds is 7. The fourth-order valence-electron chi connectivity index (χ4n) is 3.04. The van der Waals surface area contributed by atoms with Crippen molar-refractivity contribution in [1.82, 2.24) is 4.98 Å². The van der Waals surface area contributed by atoms with Gasteiger partial charge in [0.2, 0.25) is 0 Å². The van der Waals surface area contributed by atoms with Crippen molar-refractivity contribution >= 4 is 17.3 Å². The maximum absolute atomic E-state index is 9.16. The lowest BCUT2D eigenvalue weighted by atomic mass is 10.1. The van der Waals surface area contributed by atoms with Crippen molar-refractivity contribution in [1.29, 1.82) is 15.8 Å². The normalized spacial score (nSPS) is 9.77. The third kappa shape index (κ3) is 5.50. The van der Waals surface area contributed by atoms with Crippen molar-refractivity contribution in [3.05, 3.63) is 70.8 Å². The molecule has 0 saturated carbocycles. The van der Waals surface area contributed by atoms with E-state index in [-0.39, 0.29) is 0 Å². The zero-order chi connectivity index (χ0) is 22.2. The Kier molecular flexibility index (Phi) is 6.68. The van der Waals surface area contributed by atoms with Gasteiger partial charge in [-0.15, -0.1) is 0 Å². The molecule has 0 radical (unpaired) electrons. The lowest BCUT2D eigenvalue weighted by Crippen LogP contribution is -2.05. The van der Waals surface area contributed by atoms with E-state index in [9.17, 15) is 0 Å². The van der Waals surface area contributed by atoms with Gasteiger partial charge < -0.3 is 15.4 Å². The molecule has 0 unspecified atom stereocenters. The first-order valence-corrected chi connectivity index (χ1v) is 9.61. The van der Waals surface area contributed by atoms with Gasteiger partial charge in [0.05, 0.1) is 35.8 Å². The highest BCUT2D eigenvalue weighted by Crippen LogP contribution is 2.32. The number of ether oxygens (including phenoxy) is 1. The molecule has 7 heteroatoms. The summed E-state index contributed by atoms with van der Waals surface area (Å²) in [6, 6.07) is 20.5. The van der Waals surface area contributed by atoms with Crippen molar-refractivity contribution < 1.29 is 4.74 Å². The van der Waals surface area contributed by atoms with Gasteiger partial charge in [0.25, 0.3) is 0 Å². The molecule has 152 valence electrons. The third-order valence-corrected chi connectivity index (χ3v) is 4.44. The number of nitrogens with one attached hydrogen (secondary N) is 2. The number of anilines is 3. The molecule has 0 fully saturated rings. The Balaban J connectivity index is 1.92. The van der Waals surface area contributed by atoms with Crippen LogP contribution in [0.25, 0.3) is 0 Å². The van der Waals surface area contributed by atoms with Crippen LogP contribution in [0.4, 0.5) is 17.3 Å². The van der Waals surface area contributed by atoms with Crippen LogP contribution in [0.2, 0.25) is 0 Å². The summed E-state index contributed by atoms with van der Waals surface area (Å²) in [5.41, 5.74) is 3.64. The Hall–Kier alpha value is -4.54. The van der Waals surface area contributed by atoms with Crippen LogP contribution in [0.15, 0.2) is 48.5 Å². The summed E-state index contributed by atoms with van der Waals surface area (Å²) in [5, 5.41) is 33.3. The van der Waals surface area contributed by atoms with Crippen LogP contribution in [0.3, 0.4) is 0 Å². The molecule has 2 N–H and O–H groups in total. The fourth-order valence-corrected chi connectivity index (χ4v) is 3.04. The van der Waals surface area contributed by atoms with Gasteiger partial charge in [-0.3, -0.25) is 0 Å². The Morgan fingerprint density at radius 2 is 1.52 bits per heavy atom. The minimum atomic E-state index is 0.346. The molecule has 0 atom stereocenters. The number of benzene rings is 2. The molecule has 0 aliphatic rings. The number of nitriles is 3. The van der Waals surface area contributed by atoms with Crippen molar-refractivity contribution in [2.24, 2.45) is 0 Å². The summed E-state index contributed by atoms with van der Waals surface area (Å²) >= 11 is 0. The highest BCUT2D eigenvalue weighted by atomic mass is 16.5. The van der Waals surface area contributed by atoms with E-state index < -0.39 is 0 Å².